The molecule has 0 saturated carbocycles. The molecule has 2 nitrogen and oxygen atoms in total. The zero-order valence-corrected chi connectivity index (χ0v) is 8.87. The molecule has 0 saturated heterocycles. The van der Waals surface area contributed by atoms with Crippen LogP contribution in [0.15, 0.2) is 23.2 Å². The van der Waals surface area contributed by atoms with Gasteiger partial charge < -0.3 is 0 Å². The van der Waals surface area contributed by atoms with Crippen molar-refractivity contribution in [3.05, 3.63) is 34.9 Å². The predicted octanol–water partition coefficient (Wildman–Crippen LogP) is 2.74. The van der Waals surface area contributed by atoms with Crippen molar-refractivity contribution in [2.75, 3.05) is 6.54 Å². The predicted molar refractivity (Wildman–Crippen MR) is 57.3 cm³/mol. The maximum Gasteiger partial charge on any atom is 0.234 e. The molecule has 0 aliphatic rings. The first kappa shape index (κ1) is 10.7. The third-order valence-corrected chi connectivity index (χ3v) is 2.39. The van der Waals surface area contributed by atoms with Crippen LogP contribution in [0.3, 0.4) is 0 Å². The lowest BCUT2D eigenvalue weighted by molar-refractivity contribution is 0.561. The Morgan fingerprint density at radius 3 is 2.71 bits per heavy atom. The van der Waals surface area contributed by atoms with Crippen molar-refractivity contribution in [3.8, 4) is 0 Å². The average Bonchev–Trinajstić information content (AvgIpc) is 2.14. The van der Waals surface area contributed by atoms with Crippen molar-refractivity contribution in [2.24, 2.45) is 4.99 Å². The number of carbonyl (C=O) groups excluding carboxylic acids is 1. The van der Waals surface area contributed by atoms with Gasteiger partial charge in [0.05, 0.1) is 6.54 Å². The van der Waals surface area contributed by atoms with Crippen LogP contribution in [0, 0.1) is 13.8 Å². The van der Waals surface area contributed by atoms with Crippen LogP contribution < -0.4 is 0 Å². The molecule has 0 aromatic heterocycles. The number of hydrogen-bond donors (Lipinski definition) is 0. The molecule has 0 fully saturated rings. The van der Waals surface area contributed by atoms with Gasteiger partial charge in [-0.3, -0.25) is 0 Å². The van der Waals surface area contributed by atoms with E-state index in [4.69, 9.17) is 0 Å². The van der Waals surface area contributed by atoms with E-state index in [0.29, 0.717) is 6.54 Å². The number of aliphatic imine (C=N–C) groups is 1. The highest BCUT2D eigenvalue weighted by atomic mass is 16.1. The fourth-order valence-electron chi connectivity index (χ4n) is 1.65. The molecule has 0 aliphatic heterocycles. The van der Waals surface area contributed by atoms with E-state index in [2.05, 4.69) is 44.0 Å². The minimum atomic E-state index is 0.289. The van der Waals surface area contributed by atoms with Crippen molar-refractivity contribution in [1.29, 1.82) is 0 Å². The average molecular weight is 189 g/mol. The summed E-state index contributed by atoms with van der Waals surface area (Å²) in [5, 5.41) is 0. The van der Waals surface area contributed by atoms with Crippen molar-refractivity contribution in [3.63, 3.8) is 0 Å². The van der Waals surface area contributed by atoms with E-state index in [9.17, 15) is 4.79 Å². The summed E-state index contributed by atoms with van der Waals surface area (Å²) in [4.78, 5) is 13.6. The summed E-state index contributed by atoms with van der Waals surface area (Å²) in [5.74, 6) is 0.289. The van der Waals surface area contributed by atoms with Crippen molar-refractivity contribution >= 4 is 6.08 Å². The summed E-state index contributed by atoms with van der Waals surface area (Å²) in [6.07, 6.45) is 1.57. The van der Waals surface area contributed by atoms with Gasteiger partial charge in [-0.2, -0.15) is 0 Å². The van der Waals surface area contributed by atoms with Crippen LogP contribution in [0.25, 0.3) is 0 Å². The number of rotatable bonds is 3. The number of isocyanates is 1. The lowest BCUT2D eigenvalue weighted by Crippen LogP contribution is -2.00. The monoisotopic (exact) mass is 189 g/mol. The molecule has 74 valence electrons. The molecule has 0 aliphatic carbocycles. The molecule has 0 bridgehead atoms. The van der Waals surface area contributed by atoms with E-state index in [0.717, 1.165) is 0 Å². The Kier molecular flexibility index (Phi) is 3.61. The molecule has 0 spiro atoms. The fraction of sp³-hybridized carbons (Fsp3) is 0.417. The number of aryl methyl sites for hydroxylation is 2. The first-order valence-electron chi connectivity index (χ1n) is 4.76. The quantitative estimate of drug-likeness (QED) is 0.531. The summed E-state index contributed by atoms with van der Waals surface area (Å²) in [5.41, 5.74) is 3.78. The largest absolute Gasteiger partial charge is 0.234 e. The van der Waals surface area contributed by atoms with Gasteiger partial charge in [-0.25, -0.2) is 9.79 Å². The van der Waals surface area contributed by atoms with Gasteiger partial charge >= 0.3 is 0 Å². The van der Waals surface area contributed by atoms with Crippen molar-refractivity contribution in [2.45, 2.75) is 26.7 Å². The summed E-state index contributed by atoms with van der Waals surface area (Å²) in [6, 6.07) is 6.34. The van der Waals surface area contributed by atoms with Crippen molar-refractivity contribution < 1.29 is 4.79 Å². The van der Waals surface area contributed by atoms with E-state index in [1.807, 2.05) is 0 Å². The number of benzene rings is 1. The first-order chi connectivity index (χ1) is 6.65. The van der Waals surface area contributed by atoms with Gasteiger partial charge in [0.1, 0.15) is 0 Å². The van der Waals surface area contributed by atoms with Gasteiger partial charge in [0.2, 0.25) is 6.08 Å². The maximum absolute atomic E-state index is 9.99. The second kappa shape index (κ2) is 4.73. The molecule has 0 heterocycles. The van der Waals surface area contributed by atoms with Crippen molar-refractivity contribution in [1.82, 2.24) is 0 Å². The molecule has 0 amide bonds. The minimum absolute atomic E-state index is 0.289. The Hall–Kier alpha value is -1.40. The third-order valence-electron chi connectivity index (χ3n) is 2.39. The molecule has 2 heteroatoms. The topological polar surface area (TPSA) is 29.4 Å². The van der Waals surface area contributed by atoms with Crippen LogP contribution in [-0.2, 0) is 4.79 Å². The first-order valence-corrected chi connectivity index (χ1v) is 4.76. The fourth-order valence-corrected chi connectivity index (χ4v) is 1.65. The van der Waals surface area contributed by atoms with Gasteiger partial charge in [0.15, 0.2) is 0 Å². The molecule has 1 aromatic rings. The third kappa shape index (κ3) is 2.54. The molecular formula is C12H15NO. The van der Waals surface area contributed by atoms with E-state index in [1.54, 1.807) is 6.08 Å². The Morgan fingerprint density at radius 1 is 1.43 bits per heavy atom. The normalized spacial score (nSPS) is 11.9. The summed E-state index contributed by atoms with van der Waals surface area (Å²) in [6.45, 7) is 6.75. The highest BCUT2D eigenvalue weighted by molar-refractivity contribution is 5.35. The molecule has 0 radical (unpaired) electrons. The molecule has 1 aromatic carbocycles. The Morgan fingerprint density at radius 2 is 2.14 bits per heavy atom. The zero-order valence-electron chi connectivity index (χ0n) is 8.87. The van der Waals surface area contributed by atoms with E-state index < -0.39 is 0 Å². The molecule has 1 unspecified atom stereocenters. The van der Waals surface area contributed by atoms with Crippen LogP contribution in [0.4, 0.5) is 0 Å². The number of nitrogens with zero attached hydrogens (tertiary/aromatic N) is 1. The minimum Gasteiger partial charge on any atom is -0.211 e. The summed E-state index contributed by atoms with van der Waals surface area (Å²) < 4.78 is 0. The highest BCUT2D eigenvalue weighted by Crippen LogP contribution is 2.20. The smallest absolute Gasteiger partial charge is 0.211 e. The second-order valence-corrected chi connectivity index (χ2v) is 3.69. The van der Waals surface area contributed by atoms with Gasteiger partial charge in [-0.15, -0.1) is 0 Å². The van der Waals surface area contributed by atoms with E-state index >= 15 is 0 Å². The van der Waals surface area contributed by atoms with E-state index in [1.165, 1.54) is 16.7 Å². The molecule has 14 heavy (non-hydrogen) atoms. The molecular weight excluding hydrogens is 174 g/mol. The Balaban J connectivity index is 2.89. The molecule has 0 N–H and O–H groups in total. The Labute approximate surface area is 84.7 Å². The van der Waals surface area contributed by atoms with Crippen LogP contribution >= 0.6 is 0 Å². The van der Waals surface area contributed by atoms with Gasteiger partial charge in [0, 0.05) is 5.92 Å². The van der Waals surface area contributed by atoms with Crippen LogP contribution in [0.5, 0.6) is 0 Å². The highest BCUT2D eigenvalue weighted by Gasteiger charge is 2.07. The second-order valence-electron chi connectivity index (χ2n) is 3.69. The van der Waals surface area contributed by atoms with Crippen LogP contribution in [0.2, 0.25) is 0 Å². The lowest BCUT2D eigenvalue weighted by Gasteiger charge is -2.12. The van der Waals surface area contributed by atoms with Gasteiger partial charge in [-0.1, -0.05) is 30.7 Å². The van der Waals surface area contributed by atoms with Crippen LogP contribution in [-0.4, -0.2) is 12.6 Å². The maximum atomic E-state index is 9.99. The summed E-state index contributed by atoms with van der Waals surface area (Å²) >= 11 is 0. The van der Waals surface area contributed by atoms with Gasteiger partial charge in [0.25, 0.3) is 0 Å². The molecule has 1 atom stereocenters. The standard InChI is InChI=1S/C12H15NO/c1-9-4-5-12(10(2)6-9)11(3)7-13-8-14/h4-6,11H,7H2,1-3H3. The lowest BCUT2D eigenvalue weighted by atomic mass is 9.95. The van der Waals surface area contributed by atoms with Crippen LogP contribution in [0.1, 0.15) is 29.5 Å². The van der Waals surface area contributed by atoms with Gasteiger partial charge in [-0.05, 0) is 25.0 Å². The van der Waals surface area contributed by atoms with E-state index in [-0.39, 0.29) is 5.92 Å². The number of hydrogen-bond acceptors (Lipinski definition) is 2. The molecule has 1 rings (SSSR count). The zero-order chi connectivity index (χ0) is 10.6. The SMILES string of the molecule is Cc1ccc(C(C)CN=C=O)c(C)c1. The summed E-state index contributed by atoms with van der Waals surface area (Å²) in [7, 11) is 0. The Bertz CT molecular complexity index is 365.